The monoisotopic (exact) mass is 264 g/mol. The number of para-hydroxylation sites is 1. The highest BCUT2D eigenvalue weighted by Crippen LogP contribution is 2.15. The number of hydrogen-bond donors (Lipinski definition) is 1. The number of urea groups is 1. The minimum absolute atomic E-state index is 0.266. The van der Waals surface area contributed by atoms with E-state index in [1.165, 1.54) is 4.90 Å². The van der Waals surface area contributed by atoms with Crippen molar-refractivity contribution in [3.05, 3.63) is 30.3 Å². The van der Waals surface area contributed by atoms with E-state index in [4.69, 9.17) is 5.11 Å². The number of hydrogen-bond acceptors (Lipinski definition) is 2. The number of nitrogens with zero attached hydrogens (tertiary/aromatic N) is 2. The van der Waals surface area contributed by atoms with E-state index in [0.29, 0.717) is 18.8 Å². The molecule has 5 heteroatoms. The first kappa shape index (κ1) is 15.0. The van der Waals surface area contributed by atoms with Crippen molar-refractivity contribution < 1.29 is 14.7 Å². The van der Waals surface area contributed by atoms with Gasteiger partial charge in [-0.05, 0) is 25.5 Å². The van der Waals surface area contributed by atoms with Crippen LogP contribution in [0.25, 0.3) is 0 Å². The van der Waals surface area contributed by atoms with Gasteiger partial charge in [0.05, 0.1) is 0 Å². The van der Waals surface area contributed by atoms with Crippen LogP contribution in [0.1, 0.15) is 20.3 Å². The van der Waals surface area contributed by atoms with E-state index < -0.39 is 5.97 Å². The summed E-state index contributed by atoms with van der Waals surface area (Å²) in [5.74, 6) is -1.02. The number of aliphatic carboxylic acids is 1. The van der Waals surface area contributed by atoms with Crippen LogP contribution in [0.15, 0.2) is 30.3 Å². The number of carbonyl (C=O) groups excluding carboxylic acids is 1. The summed E-state index contributed by atoms with van der Waals surface area (Å²) in [5, 5.41) is 8.97. The topological polar surface area (TPSA) is 60.9 Å². The van der Waals surface area contributed by atoms with Crippen LogP contribution in [0.5, 0.6) is 0 Å². The highest BCUT2D eigenvalue weighted by molar-refractivity contribution is 5.96. The standard InChI is InChI=1S/C14H20N2O3/c1-3-10-15(4-2)14(19)16(11-13(17)18)12-8-6-5-7-9-12/h5-9H,3-4,10-11H2,1-2H3,(H,17,18). The zero-order valence-electron chi connectivity index (χ0n) is 11.4. The summed E-state index contributed by atoms with van der Waals surface area (Å²) in [6.07, 6.45) is 0.843. The molecule has 2 amide bonds. The van der Waals surface area contributed by atoms with Gasteiger partial charge in [-0.3, -0.25) is 9.69 Å². The van der Waals surface area contributed by atoms with Crippen LogP contribution in [-0.4, -0.2) is 41.6 Å². The molecule has 0 aliphatic carbocycles. The Morgan fingerprint density at radius 2 is 1.79 bits per heavy atom. The average Bonchev–Trinajstić information content (AvgIpc) is 2.42. The van der Waals surface area contributed by atoms with E-state index in [1.807, 2.05) is 19.9 Å². The molecule has 0 aromatic heterocycles. The van der Waals surface area contributed by atoms with Gasteiger partial charge in [0.1, 0.15) is 6.54 Å². The summed E-state index contributed by atoms with van der Waals surface area (Å²) in [4.78, 5) is 26.3. The Labute approximate surface area is 113 Å². The quantitative estimate of drug-likeness (QED) is 0.858. The van der Waals surface area contributed by atoms with Crippen LogP contribution in [0, 0.1) is 0 Å². The maximum absolute atomic E-state index is 12.4. The number of amides is 2. The smallest absolute Gasteiger partial charge is 0.325 e. The highest BCUT2D eigenvalue weighted by atomic mass is 16.4. The number of benzene rings is 1. The molecule has 1 aromatic rings. The summed E-state index contributed by atoms with van der Waals surface area (Å²) < 4.78 is 0. The van der Waals surface area contributed by atoms with Gasteiger partial charge < -0.3 is 10.0 Å². The van der Waals surface area contributed by atoms with E-state index in [0.717, 1.165) is 6.42 Å². The van der Waals surface area contributed by atoms with Crippen molar-refractivity contribution >= 4 is 17.7 Å². The van der Waals surface area contributed by atoms with Crippen LogP contribution in [0.4, 0.5) is 10.5 Å². The first-order valence-corrected chi connectivity index (χ1v) is 6.43. The first-order valence-electron chi connectivity index (χ1n) is 6.43. The molecule has 0 bridgehead atoms. The minimum atomic E-state index is -1.02. The molecule has 104 valence electrons. The van der Waals surface area contributed by atoms with Gasteiger partial charge in [0.15, 0.2) is 0 Å². The van der Waals surface area contributed by atoms with Gasteiger partial charge >= 0.3 is 12.0 Å². The predicted molar refractivity (Wildman–Crippen MR) is 74.4 cm³/mol. The lowest BCUT2D eigenvalue weighted by molar-refractivity contribution is -0.135. The van der Waals surface area contributed by atoms with Crippen LogP contribution in [-0.2, 0) is 4.79 Å². The fourth-order valence-corrected chi connectivity index (χ4v) is 1.84. The zero-order chi connectivity index (χ0) is 14.3. The number of carbonyl (C=O) groups is 2. The van der Waals surface area contributed by atoms with E-state index in [1.54, 1.807) is 29.2 Å². The van der Waals surface area contributed by atoms with Gasteiger partial charge in [0, 0.05) is 18.8 Å². The van der Waals surface area contributed by atoms with Crippen LogP contribution in [0.3, 0.4) is 0 Å². The number of carboxylic acids is 1. The normalized spacial score (nSPS) is 10.0. The lowest BCUT2D eigenvalue weighted by atomic mass is 10.3. The number of rotatable bonds is 6. The Balaban J connectivity index is 2.96. The number of anilines is 1. The predicted octanol–water partition coefficient (Wildman–Crippen LogP) is 2.43. The Morgan fingerprint density at radius 1 is 1.16 bits per heavy atom. The van der Waals surface area contributed by atoms with Crippen molar-refractivity contribution in [3.63, 3.8) is 0 Å². The molecule has 0 heterocycles. The summed E-state index contributed by atoms with van der Waals surface area (Å²) in [6.45, 7) is 4.73. The molecule has 0 atom stereocenters. The maximum Gasteiger partial charge on any atom is 0.325 e. The molecular weight excluding hydrogens is 244 g/mol. The molecule has 0 fully saturated rings. The van der Waals surface area contributed by atoms with E-state index >= 15 is 0 Å². The molecule has 1 rings (SSSR count). The van der Waals surface area contributed by atoms with Crippen molar-refractivity contribution in [2.75, 3.05) is 24.5 Å². The van der Waals surface area contributed by atoms with Crippen molar-refractivity contribution in [2.24, 2.45) is 0 Å². The first-order chi connectivity index (χ1) is 9.10. The Morgan fingerprint density at radius 3 is 2.26 bits per heavy atom. The lowest BCUT2D eigenvalue weighted by Gasteiger charge is -2.28. The summed E-state index contributed by atoms with van der Waals surface area (Å²) in [6, 6.07) is 8.61. The van der Waals surface area contributed by atoms with E-state index in [-0.39, 0.29) is 12.6 Å². The molecule has 0 saturated carbocycles. The maximum atomic E-state index is 12.4. The second-order valence-electron chi connectivity index (χ2n) is 4.18. The molecule has 0 unspecified atom stereocenters. The summed E-state index contributed by atoms with van der Waals surface area (Å²) >= 11 is 0. The third kappa shape index (κ3) is 4.28. The minimum Gasteiger partial charge on any atom is -0.480 e. The Kier molecular flexibility index (Phi) is 5.85. The molecule has 0 aliphatic heterocycles. The van der Waals surface area contributed by atoms with Crippen LogP contribution in [0.2, 0.25) is 0 Å². The van der Waals surface area contributed by atoms with Crippen molar-refractivity contribution in [1.82, 2.24) is 4.90 Å². The molecule has 0 saturated heterocycles. The lowest BCUT2D eigenvalue weighted by Crippen LogP contribution is -2.45. The molecular formula is C14H20N2O3. The summed E-state index contributed by atoms with van der Waals surface area (Å²) in [7, 11) is 0. The van der Waals surface area contributed by atoms with Crippen LogP contribution >= 0.6 is 0 Å². The third-order valence-corrected chi connectivity index (χ3v) is 2.74. The Hall–Kier alpha value is -2.04. The van der Waals surface area contributed by atoms with E-state index in [9.17, 15) is 9.59 Å². The molecule has 19 heavy (non-hydrogen) atoms. The SMILES string of the molecule is CCCN(CC)C(=O)N(CC(=O)O)c1ccccc1. The zero-order valence-corrected chi connectivity index (χ0v) is 11.4. The van der Waals surface area contributed by atoms with Crippen LogP contribution < -0.4 is 4.90 Å². The summed E-state index contributed by atoms with van der Waals surface area (Å²) in [5.41, 5.74) is 0.601. The van der Waals surface area contributed by atoms with Gasteiger partial charge in [0.2, 0.25) is 0 Å². The molecule has 5 nitrogen and oxygen atoms in total. The number of carboxylic acid groups (broad SMARTS) is 1. The molecule has 0 aliphatic rings. The fraction of sp³-hybridized carbons (Fsp3) is 0.429. The van der Waals surface area contributed by atoms with Gasteiger partial charge in [-0.2, -0.15) is 0 Å². The average molecular weight is 264 g/mol. The van der Waals surface area contributed by atoms with Gasteiger partial charge in [-0.15, -0.1) is 0 Å². The molecule has 0 spiro atoms. The fourth-order valence-electron chi connectivity index (χ4n) is 1.84. The largest absolute Gasteiger partial charge is 0.480 e. The third-order valence-electron chi connectivity index (χ3n) is 2.74. The van der Waals surface area contributed by atoms with Gasteiger partial charge in [0.25, 0.3) is 0 Å². The van der Waals surface area contributed by atoms with Crippen molar-refractivity contribution in [2.45, 2.75) is 20.3 Å². The van der Waals surface area contributed by atoms with E-state index in [2.05, 4.69) is 0 Å². The second-order valence-corrected chi connectivity index (χ2v) is 4.18. The molecule has 1 N–H and O–H groups in total. The highest BCUT2D eigenvalue weighted by Gasteiger charge is 2.22. The van der Waals surface area contributed by atoms with Gasteiger partial charge in [-0.1, -0.05) is 25.1 Å². The van der Waals surface area contributed by atoms with Gasteiger partial charge in [-0.25, -0.2) is 4.79 Å². The van der Waals surface area contributed by atoms with Crippen molar-refractivity contribution in [3.8, 4) is 0 Å². The van der Waals surface area contributed by atoms with Crippen molar-refractivity contribution in [1.29, 1.82) is 0 Å². The molecule has 1 aromatic carbocycles. The Bertz CT molecular complexity index is 420. The molecule has 0 radical (unpaired) electrons. The second kappa shape index (κ2) is 7.41.